The van der Waals surface area contributed by atoms with Gasteiger partial charge >= 0.3 is 5.97 Å². The maximum atomic E-state index is 11.3. The van der Waals surface area contributed by atoms with Crippen LogP contribution in [0, 0.1) is 0 Å². The van der Waals surface area contributed by atoms with Gasteiger partial charge in [0, 0.05) is 13.7 Å². The lowest BCUT2D eigenvalue weighted by Gasteiger charge is -2.15. The number of carbonyl (C=O) groups excluding carboxylic acids is 1. The maximum Gasteiger partial charge on any atom is 0.322 e. The minimum Gasteiger partial charge on any atom is -0.468 e. The number of methoxy groups -OCH3 is 2. The van der Waals surface area contributed by atoms with Gasteiger partial charge in [-0.25, -0.2) is 0 Å². The van der Waals surface area contributed by atoms with Crippen molar-refractivity contribution in [1.29, 1.82) is 0 Å². The highest BCUT2D eigenvalue weighted by atomic mass is 16.5. The van der Waals surface area contributed by atoms with Crippen LogP contribution in [-0.2, 0) is 14.3 Å². The fourth-order valence-corrected chi connectivity index (χ4v) is 1.19. The number of ether oxygens (including phenoxy) is 2. The summed E-state index contributed by atoms with van der Waals surface area (Å²) in [5, 5.41) is 3.11. The van der Waals surface area contributed by atoms with Crippen molar-refractivity contribution in [3.63, 3.8) is 0 Å². The molecule has 4 heteroatoms. The molecule has 0 saturated heterocycles. The van der Waals surface area contributed by atoms with Crippen LogP contribution >= 0.6 is 0 Å². The Kier molecular flexibility index (Phi) is 8.57. The normalized spacial score (nSPS) is 12.5. The van der Waals surface area contributed by atoms with Gasteiger partial charge in [0.2, 0.25) is 0 Å². The van der Waals surface area contributed by atoms with Crippen LogP contribution < -0.4 is 5.32 Å². The fourth-order valence-electron chi connectivity index (χ4n) is 1.19. The minimum absolute atomic E-state index is 0.185. The molecule has 0 heterocycles. The first kappa shape index (κ1) is 13.4. The first-order valence-corrected chi connectivity index (χ1v) is 5.06. The van der Waals surface area contributed by atoms with Gasteiger partial charge in [0.25, 0.3) is 0 Å². The smallest absolute Gasteiger partial charge is 0.322 e. The predicted molar refractivity (Wildman–Crippen MR) is 55.2 cm³/mol. The molecule has 0 amide bonds. The molecule has 0 spiro atoms. The van der Waals surface area contributed by atoms with Crippen LogP contribution in [0.5, 0.6) is 0 Å². The van der Waals surface area contributed by atoms with Gasteiger partial charge in [-0.15, -0.1) is 0 Å². The second-order valence-electron chi connectivity index (χ2n) is 3.16. The molecule has 0 aromatic heterocycles. The van der Waals surface area contributed by atoms with Gasteiger partial charge in [0.15, 0.2) is 0 Å². The minimum atomic E-state index is -0.186. The molecule has 84 valence electrons. The summed E-state index contributed by atoms with van der Waals surface area (Å²) in [7, 11) is 3.06. The fraction of sp³-hybridized carbons (Fsp3) is 0.900. The van der Waals surface area contributed by atoms with Crippen LogP contribution in [0.3, 0.4) is 0 Å². The van der Waals surface area contributed by atoms with Crippen LogP contribution in [0.2, 0.25) is 0 Å². The molecular formula is C10H21NO3. The van der Waals surface area contributed by atoms with E-state index in [-0.39, 0.29) is 12.0 Å². The molecule has 0 aromatic carbocycles. The van der Waals surface area contributed by atoms with Crippen molar-refractivity contribution in [2.45, 2.75) is 32.2 Å². The first-order chi connectivity index (χ1) is 6.76. The Labute approximate surface area is 86.0 Å². The summed E-state index contributed by atoms with van der Waals surface area (Å²) >= 11 is 0. The van der Waals surface area contributed by atoms with Crippen molar-refractivity contribution in [3.8, 4) is 0 Å². The monoisotopic (exact) mass is 203 g/mol. The number of unbranched alkanes of at least 4 members (excludes halogenated alkanes) is 1. The average molecular weight is 203 g/mol. The second kappa shape index (κ2) is 8.97. The molecule has 0 rings (SSSR count). The Balaban J connectivity index is 3.78. The number of rotatable bonds is 8. The topological polar surface area (TPSA) is 47.6 Å². The van der Waals surface area contributed by atoms with E-state index in [1.54, 1.807) is 7.11 Å². The summed E-state index contributed by atoms with van der Waals surface area (Å²) < 4.78 is 9.59. The highest BCUT2D eigenvalue weighted by Gasteiger charge is 2.16. The average Bonchev–Trinajstić information content (AvgIpc) is 2.22. The molecule has 1 atom stereocenters. The molecule has 0 aliphatic carbocycles. The molecule has 0 fully saturated rings. The molecule has 14 heavy (non-hydrogen) atoms. The Bertz CT molecular complexity index is 150. The molecule has 0 aromatic rings. The molecule has 0 saturated carbocycles. The van der Waals surface area contributed by atoms with Gasteiger partial charge < -0.3 is 14.8 Å². The summed E-state index contributed by atoms with van der Waals surface area (Å²) in [6, 6.07) is -0.185. The Hall–Kier alpha value is -0.610. The number of hydrogen-bond acceptors (Lipinski definition) is 4. The van der Waals surface area contributed by atoms with Crippen molar-refractivity contribution in [3.05, 3.63) is 0 Å². The molecular weight excluding hydrogens is 182 g/mol. The largest absolute Gasteiger partial charge is 0.468 e. The van der Waals surface area contributed by atoms with Crippen molar-refractivity contribution >= 4 is 5.97 Å². The number of hydrogen-bond donors (Lipinski definition) is 1. The maximum absolute atomic E-state index is 11.3. The van der Waals surface area contributed by atoms with E-state index in [0.29, 0.717) is 13.2 Å². The lowest BCUT2D eigenvalue weighted by atomic mass is 10.1. The molecule has 0 aliphatic rings. The van der Waals surface area contributed by atoms with Crippen LogP contribution in [0.1, 0.15) is 26.2 Å². The standard InChI is InChI=1S/C10H21NO3/c1-4-5-6-9(10(12)14-3)11-7-8-13-2/h9,11H,4-8H2,1-3H3. The van der Waals surface area contributed by atoms with E-state index >= 15 is 0 Å². The molecule has 0 bridgehead atoms. The van der Waals surface area contributed by atoms with Gasteiger partial charge in [0.1, 0.15) is 6.04 Å². The van der Waals surface area contributed by atoms with Crippen LogP contribution in [0.4, 0.5) is 0 Å². The van der Waals surface area contributed by atoms with E-state index in [2.05, 4.69) is 12.2 Å². The second-order valence-corrected chi connectivity index (χ2v) is 3.16. The zero-order valence-electron chi connectivity index (χ0n) is 9.34. The third kappa shape index (κ3) is 5.94. The van der Waals surface area contributed by atoms with Gasteiger partial charge in [-0.3, -0.25) is 4.79 Å². The van der Waals surface area contributed by atoms with Gasteiger partial charge in [0.05, 0.1) is 13.7 Å². The Morgan fingerprint density at radius 2 is 2.14 bits per heavy atom. The van der Waals surface area contributed by atoms with Gasteiger partial charge in [-0.05, 0) is 6.42 Å². The van der Waals surface area contributed by atoms with E-state index in [0.717, 1.165) is 19.3 Å². The van der Waals surface area contributed by atoms with E-state index in [1.165, 1.54) is 7.11 Å². The number of carbonyl (C=O) groups is 1. The summed E-state index contributed by atoms with van der Waals surface area (Å²) in [6.07, 6.45) is 2.94. The van der Waals surface area contributed by atoms with E-state index < -0.39 is 0 Å². The third-order valence-electron chi connectivity index (χ3n) is 2.03. The van der Waals surface area contributed by atoms with Crippen molar-refractivity contribution in [2.24, 2.45) is 0 Å². The summed E-state index contributed by atoms with van der Waals surface area (Å²) in [6.45, 7) is 3.39. The number of esters is 1. The predicted octanol–water partition coefficient (Wildman–Crippen LogP) is 0.954. The van der Waals surface area contributed by atoms with Crippen molar-refractivity contribution in [2.75, 3.05) is 27.4 Å². The SMILES string of the molecule is CCCCC(NCCOC)C(=O)OC. The Morgan fingerprint density at radius 3 is 2.64 bits per heavy atom. The molecule has 0 radical (unpaired) electrons. The molecule has 1 N–H and O–H groups in total. The lowest BCUT2D eigenvalue weighted by molar-refractivity contribution is -0.143. The zero-order valence-corrected chi connectivity index (χ0v) is 9.34. The van der Waals surface area contributed by atoms with E-state index in [4.69, 9.17) is 9.47 Å². The van der Waals surface area contributed by atoms with Gasteiger partial charge in [-0.1, -0.05) is 19.8 Å². The third-order valence-corrected chi connectivity index (χ3v) is 2.03. The highest BCUT2D eigenvalue weighted by molar-refractivity contribution is 5.75. The summed E-state index contributed by atoms with van der Waals surface area (Å²) in [5.74, 6) is -0.186. The van der Waals surface area contributed by atoms with Crippen LogP contribution in [-0.4, -0.2) is 39.4 Å². The van der Waals surface area contributed by atoms with E-state index in [9.17, 15) is 4.79 Å². The molecule has 1 unspecified atom stereocenters. The van der Waals surface area contributed by atoms with E-state index in [1.807, 2.05) is 0 Å². The highest BCUT2D eigenvalue weighted by Crippen LogP contribution is 2.01. The quantitative estimate of drug-likeness (QED) is 0.471. The van der Waals surface area contributed by atoms with Crippen molar-refractivity contribution < 1.29 is 14.3 Å². The lowest BCUT2D eigenvalue weighted by Crippen LogP contribution is -2.39. The molecule has 4 nitrogen and oxygen atoms in total. The van der Waals surface area contributed by atoms with Crippen LogP contribution in [0.15, 0.2) is 0 Å². The summed E-state index contributed by atoms with van der Waals surface area (Å²) in [5.41, 5.74) is 0. The van der Waals surface area contributed by atoms with Gasteiger partial charge in [-0.2, -0.15) is 0 Å². The molecule has 0 aliphatic heterocycles. The Morgan fingerprint density at radius 1 is 1.43 bits per heavy atom. The van der Waals surface area contributed by atoms with Crippen molar-refractivity contribution in [1.82, 2.24) is 5.32 Å². The number of nitrogens with one attached hydrogen (secondary N) is 1. The first-order valence-electron chi connectivity index (χ1n) is 5.06. The summed E-state index contributed by atoms with van der Waals surface area (Å²) in [4.78, 5) is 11.3. The zero-order chi connectivity index (χ0) is 10.8. The van der Waals surface area contributed by atoms with Crippen LogP contribution in [0.25, 0.3) is 0 Å².